The van der Waals surface area contributed by atoms with Crippen LogP contribution < -0.4 is 5.32 Å². The molecule has 0 unspecified atom stereocenters. The third-order valence-electron chi connectivity index (χ3n) is 1.69. The number of aliphatic carboxylic acids is 1. The lowest BCUT2D eigenvalue weighted by atomic mass is 10.2. The molecule has 2 N–H and O–H groups in total. The SMILES string of the molecule is C[C@@H](Nc1cccc(Cl)c1Cl)C(=O)O. The van der Waals surface area contributed by atoms with E-state index in [1.807, 2.05) is 0 Å². The van der Waals surface area contributed by atoms with Crippen molar-refractivity contribution in [3.8, 4) is 0 Å². The van der Waals surface area contributed by atoms with Gasteiger partial charge in [-0.3, -0.25) is 4.79 Å². The zero-order valence-corrected chi connectivity index (χ0v) is 8.93. The Kier molecular flexibility index (Phi) is 3.61. The maximum atomic E-state index is 10.6. The molecule has 0 spiro atoms. The van der Waals surface area contributed by atoms with Gasteiger partial charge in [-0.2, -0.15) is 0 Å². The molecule has 1 aromatic carbocycles. The van der Waals surface area contributed by atoms with Crippen LogP contribution in [0.5, 0.6) is 0 Å². The molecule has 1 rings (SSSR count). The van der Waals surface area contributed by atoms with Crippen LogP contribution in [0.3, 0.4) is 0 Å². The minimum atomic E-state index is -0.943. The number of carboxylic acids is 1. The number of halogens is 2. The Balaban J connectivity index is 2.87. The van der Waals surface area contributed by atoms with Crippen molar-refractivity contribution >= 4 is 34.9 Å². The van der Waals surface area contributed by atoms with E-state index in [0.717, 1.165) is 0 Å². The van der Waals surface area contributed by atoms with Gasteiger partial charge in [-0.1, -0.05) is 29.3 Å². The van der Waals surface area contributed by atoms with Crippen molar-refractivity contribution in [2.24, 2.45) is 0 Å². The second kappa shape index (κ2) is 4.53. The van der Waals surface area contributed by atoms with Gasteiger partial charge in [0.1, 0.15) is 6.04 Å². The highest BCUT2D eigenvalue weighted by Crippen LogP contribution is 2.29. The lowest BCUT2D eigenvalue weighted by molar-refractivity contribution is -0.137. The average Bonchev–Trinajstić information content (AvgIpc) is 2.12. The Labute approximate surface area is 91.6 Å². The molecular weight excluding hydrogens is 225 g/mol. The summed E-state index contributed by atoms with van der Waals surface area (Å²) in [6.07, 6.45) is 0. The van der Waals surface area contributed by atoms with E-state index in [-0.39, 0.29) is 0 Å². The lowest BCUT2D eigenvalue weighted by Crippen LogP contribution is -2.25. The zero-order valence-electron chi connectivity index (χ0n) is 7.42. The molecule has 0 saturated heterocycles. The van der Waals surface area contributed by atoms with E-state index < -0.39 is 12.0 Å². The second-order valence-corrected chi connectivity index (χ2v) is 3.59. The first-order valence-corrected chi connectivity index (χ1v) is 4.71. The third kappa shape index (κ3) is 2.53. The summed E-state index contributed by atoms with van der Waals surface area (Å²) in [6, 6.07) is 4.31. The number of carbonyl (C=O) groups is 1. The van der Waals surface area contributed by atoms with Gasteiger partial charge in [0.05, 0.1) is 15.7 Å². The average molecular weight is 234 g/mol. The molecule has 76 valence electrons. The van der Waals surface area contributed by atoms with E-state index in [9.17, 15) is 4.79 Å². The maximum Gasteiger partial charge on any atom is 0.325 e. The van der Waals surface area contributed by atoms with Gasteiger partial charge >= 0.3 is 5.97 Å². The standard InChI is InChI=1S/C9H9Cl2NO2/c1-5(9(13)14)12-7-4-2-3-6(10)8(7)11/h2-5,12H,1H3,(H,13,14)/t5-/m1/s1. The molecule has 0 amide bonds. The Morgan fingerprint density at radius 2 is 2.14 bits per heavy atom. The quantitative estimate of drug-likeness (QED) is 0.845. The predicted molar refractivity (Wildman–Crippen MR) is 57.2 cm³/mol. The number of hydrogen-bond donors (Lipinski definition) is 2. The van der Waals surface area contributed by atoms with Crippen molar-refractivity contribution in [2.45, 2.75) is 13.0 Å². The summed E-state index contributed by atoms with van der Waals surface area (Å²) >= 11 is 11.6. The Morgan fingerprint density at radius 1 is 1.50 bits per heavy atom. The summed E-state index contributed by atoms with van der Waals surface area (Å²) in [5, 5.41) is 12.1. The number of anilines is 1. The third-order valence-corrected chi connectivity index (χ3v) is 2.51. The van der Waals surface area contributed by atoms with Crippen molar-refractivity contribution < 1.29 is 9.90 Å². The molecule has 0 saturated carbocycles. The van der Waals surface area contributed by atoms with Gasteiger partial charge in [-0.05, 0) is 19.1 Å². The predicted octanol–water partition coefficient (Wildman–Crippen LogP) is 2.88. The fraction of sp³-hybridized carbons (Fsp3) is 0.222. The van der Waals surface area contributed by atoms with Gasteiger partial charge in [0.15, 0.2) is 0 Å². The van der Waals surface area contributed by atoms with Gasteiger partial charge in [-0.25, -0.2) is 0 Å². The lowest BCUT2D eigenvalue weighted by Gasteiger charge is -2.12. The first kappa shape index (κ1) is 11.1. The normalized spacial score (nSPS) is 12.2. The molecule has 14 heavy (non-hydrogen) atoms. The van der Waals surface area contributed by atoms with Crippen molar-refractivity contribution in [1.82, 2.24) is 0 Å². The summed E-state index contributed by atoms with van der Waals surface area (Å²) in [5.41, 5.74) is 0.522. The molecule has 0 heterocycles. The molecule has 0 bridgehead atoms. The molecule has 5 heteroatoms. The van der Waals surface area contributed by atoms with Crippen molar-refractivity contribution in [1.29, 1.82) is 0 Å². The molecule has 0 radical (unpaired) electrons. The van der Waals surface area contributed by atoms with Crippen LogP contribution in [0, 0.1) is 0 Å². The topological polar surface area (TPSA) is 49.3 Å². The summed E-state index contributed by atoms with van der Waals surface area (Å²) in [4.78, 5) is 10.6. The number of benzene rings is 1. The summed E-state index contributed by atoms with van der Waals surface area (Å²) in [7, 11) is 0. The Hall–Kier alpha value is -0.930. The number of hydrogen-bond acceptors (Lipinski definition) is 2. The minimum absolute atomic E-state index is 0.335. The molecule has 1 atom stereocenters. The summed E-state index contributed by atoms with van der Waals surface area (Å²) in [6.45, 7) is 1.53. The van der Waals surface area contributed by atoms with Crippen LogP contribution in [0.2, 0.25) is 10.0 Å². The van der Waals surface area contributed by atoms with Gasteiger partial charge in [0.2, 0.25) is 0 Å². The van der Waals surface area contributed by atoms with Gasteiger partial charge in [0.25, 0.3) is 0 Å². The van der Waals surface area contributed by atoms with Crippen LogP contribution in [0.1, 0.15) is 6.92 Å². The van der Waals surface area contributed by atoms with Gasteiger partial charge in [-0.15, -0.1) is 0 Å². The fourth-order valence-electron chi connectivity index (χ4n) is 0.910. The molecule has 0 aliphatic carbocycles. The monoisotopic (exact) mass is 233 g/mol. The summed E-state index contributed by atoms with van der Waals surface area (Å²) < 4.78 is 0. The first-order valence-electron chi connectivity index (χ1n) is 3.95. The van der Waals surface area contributed by atoms with Gasteiger partial charge in [0, 0.05) is 0 Å². The van der Waals surface area contributed by atoms with Crippen molar-refractivity contribution in [3.63, 3.8) is 0 Å². The van der Waals surface area contributed by atoms with Gasteiger partial charge < -0.3 is 10.4 Å². The molecule has 0 aliphatic rings. The zero-order chi connectivity index (χ0) is 10.7. The van der Waals surface area contributed by atoms with Crippen LogP contribution in [-0.4, -0.2) is 17.1 Å². The van der Waals surface area contributed by atoms with Crippen LogP contribution in [-0.2, 0) is 4.79 Å². The van der Waals surface area contributed by atoms with E-state index in [4.69, 9.17) is 28.3 Å². The molecule has 0 aliphatic heterocycles. The number of nitrogens with one attached hydrogen (secondary N) is 1. The number of carboxylic acid groups (broad SMARTS) is 1. The van der Waals surface area contributed by atoms with Crippen molar-refractivity contribution in [3.05, 3.63) is 28.2 Å². The van der Waals surface area contributed by atoms with E-state index in [1.54, 1.807) is 18.2 Å². The maximum absolute atomic E-state index is 10.6. The van der Waals surface area contributed by atoms with E-state index >= 15 is 0 Å². The van der Waals surface area contributed by atoms with Crippen LogP contribution >= 0.6 is 23.2 Å². The largest absolute Gasteiger partial charge is 0.480 e. The highest BCUT2D eigenvalue weighted by molar-refractivity contribution is 6.43. The highest BCUT2D eigenvalue weighted by Gasteiger charge is 2.12. The van der Waals surface area contributed by atoms with Crippen LogP contribution in [0.25, 0.3) is 0 Å². The van der Waals surface area contributed by atoms with E-state index in [2.05, 4.69) is 5.32 Å². The Bertz CT molecular complexity index is 355. The summed E-state index contributed by atoms with van der Waals surface area (Å²) in [5.74, 6) is -0.943. The number of rotatable bonds is 3. The molecular formula is C9H9Cl2NO2. The Morgan fingerprint density at radius 3 is 2.71 bits per heavy atom. The van der Waals surface area contributed by atoms with Crippen LogP contribution in [0.4, 0.5) is 5.69 Å². The fourth-order valence-corrected chi connectivity index (χ4v) is 1.27. The van der Waals surface area contributed by atoms with Crippen molar-refractivity contribution in [2.75, 3.05) is 5.32 Å². The minimum Gasteiger partial charge on any atom is -0.480 e. The molecule has 0 fully saturated rings. The molecule has 1 aromatic rings. The first-order chi connectivity index (χ1) is 6.52. The second-order valence-electron chi connectivity index (χ2n) is 2.81. The van der Waals surface area contributed by atoms with E-state index in [0.29, 0.717) is 15.7 Å². The molecule has 0 aromatic heterocycles. The smallest absolute Gasteiger partial charge is 0.325 e. The van der Waals surface area contributed by atoms with Crippen LogP contribution in [0.15, 0.2) is 18.2 Å². The highest BCUT2D eigenvalue weighted by atomic mass is 35.5. The van der Waals surface area contributed by atoms with E-state index in [1.165, 1.54) is 6.92 Å². The molecule has 3 nitrogen and oxygen atoms in total.